The van der Waals surface area contributed by atoms with Crippen molar-refractivity contribution >= 4 is 28.9 Å². The Labute approximate surface area is 124 Å². The fourth-order valence-electron chi connectivity index (χ4n) is 1.83. The normalized spacial score (nSPS) is 10.5. The van der Waals surface area contributed by atoms with Gasteiger partial charge >= 0.3 is 0 Å². The number of carbonyl (C=O) groups is 1. The van der Waals surface area contributed by atoms with Gasteiger partial charge in [0, 0.05) is 22.8 Å². The number of amides is 1. The van der Waals surface area contributed by atoms with E-state index >= 15 is 0 Å². The third kappa shape index (κ3) is 3.23. The maximum atomic E-state index is 11.9. The summed E-state index contributed by atoms with van der Waals surface area (Å²) in [7, 11) is 0. The zero-order valence-corrected chi connectivity index (χ0v) is 11.7. The van der Waals surface area contributed by atoms with Gasteiger partial charge in [-0.3, -0.25) is 4.79 Å². The number of nitrogen functional groups attached to an aromatic ring is 1. The molecule has 0 saturated heterocycles. The summed E-state index contributed by atoms with van der Waals surface area (Å²) in [6.07, 6.45) is 3.17. The van der Waals surface area contributed by atoms with Crippen LogP contribution in [0, 0.1) is 0 Å². The molecule has 0 spiro atoms. The monoisotopic (exact) mass is 300 g/mol. The minimum absolute atomic E-state index is 0.0612. The van der Waals surface area contributed by atoms with Gasteiger partial charge < -0.3 is 11.1 Å². The molecule has 106 valence electrons. The molecule has 0 saturated carbocycles. The number of carbonyl (C=O) groups excluding carboxylic acids is 1. The molecule has 3 rings (SSSR count). The van der Waals surface area contributed by atoms with Crippen molar-refractivity contribution in [2.75, 3.05) is 11.1 Å². The predicted octanol–water partition coefficient (Wildman–Crippen LogP) is 1.62. The van der Waals surface area contributed by atoms with Crippen molar-refractivity contribution in [2.45, 2.75) is 6.54 Å². The summed E-state index contributed by atoms with van der Waals surface area (Å²) < 4.78 is 1.38. The van der Waals surface area contributed by atoms with Crippen molar-refractivity contribution in [1.82, 2.24) is 19.7 Å². The molecule has 0 unspecified atom stereocenters. The highest BCUT2D eigenvalue weighted by molar-refractivity contribution is 7.13. The van der Waals surface area contributed by atoms with Crippen LogP contribution in [0.5, 0.6) is 0 Å². The van der Waals surface area contributed by atoms with E-state index in [-0.39, 0.29) is 18.4 Å². The van der Waals surface area contributed by atoms with Gasteiger partial charge in [0.05, 0.1) is 0 Å². The first-order chi connectivity index (χ1) is 10.2. The van der Waals surface area contributed by atoms with Gasteiger partial charge in [-0.1, -0.05) is 12.1 Å². The smallest absolute Gasteiger partial charge is 0.246 e. The Morgan fingerprint density at radius 1 is 1.38 bits per heavy atom. The van der Waals surface area contributed by atoms with Gasteiger partial charge in [0.25, 0.3) is 0 Å². The Kier molecular flexibility index (Phi) is 3.61. The highest BCUT2D eigenvalue weighted by Crippen LogP contribution is 2.24. The zero-order chi connectivity index (χ0) is 14.7. The number of nitrogens with one attached hydrogen (secondary N) is 1. The van der Waals surface area contributed by atoms with Crippen molar-refractivity contribution in [3.63, 3.8) is 0 Å². The molecule has 0 bridgehead atoms. The topological polar surface area (TPSA) is 98.7 Å². The summed E-state index contributed by atoms with van der Waals surface area (Å²) in [4.78, 5) is 19.9. The molecular formula is C13H12N6OS. The molecule has 3 N–H and O–H groups in total. The van der Waals surface area contributed by atoms with E-state index in [0.717, 1.165) is 10.6 Å². The average Bonchev–Trinajstić information content (AvgIpc) is 3.11. The van der Waals surface area contributed by atoms with E-state index < -0.39 is 0 Å². The number of nitrogens with zero attached hydrogens (tertiary/aromatic N) is 4. The van der Waals surface area contributed by atoms with Crippen molar-refractivity contribution < 1.29 is 4.79 Å². The Balaban J connectivity index is 1.70. The van der Waals surface area contributed by atoms with Crippen molar-refractivity contribution in [3.8, 4) is 10.6 Å². The minimum atomic E-state index is -0.198. The van der Waals surface area contributed by atoms with Gasteiger partial charge in [-0.25, -0.2) is 14.6 Å². The number of nitrogens with two attached hydrogens (primary N) is 1. The summed E-state index contributed by atoms with van der Waals surface area (Å²) in [6.45, 7) is 0.0612. The lowest BCUT2D eigenvalue weighted by molar-refractivity contribution is -0.116. The first-order valence-electron chi connectivity index (χ1n) is 6.15. The van der Waals surface area contributed by atoms with Crippen molar-refractivity contribution in [2.24, 2.45) is 0 Å². The molecule has 0 fully saturated rings. The van der Waals surface area contributed by atoms with Crippen LogP contribution >= 0.6 is 11.3 Å². The zero-order valence-electron chi connectivity index (χ0n) is 10.9. The number of hydrogen-bond donors (Lipinski definition) is 2. The average molecular weight is 300 g/mol. The number of benzene rings is 1. The second-order valence-corrected chi connectivity index (χ2v) is 5.16. The quantitative estimate of drug-likeness (QED) is 0.763. The van der Waals surface area contributed by atoms with E-state index in [9.17, 15) is 4.79 Å². The number of aromatic nitrogens is 4. The van der Waals surface area contributed by atoms with Gasteiger partial charge in [-0.05, 0) is 12.1 Å². The summed E-state index contributed by atoms with van der Waals surface area (Å²) >= 11 is 1.55. The molecule has 1 amide bonds. The SMILES string of the molecule is Nc1ncn(CC(=O)Nc2cccc(-c3nccs3)c2)n1. The van der Waals surface area contributed by atoms with Gasteiger partial charge in [0.1, 0.15) is 17.9 Å². The molecular weight excluding hydrogens is 288 g/mol. The standard InChI is InChI=1S/C13H12N6OS/c14-13-16-8-19(18-13)7-11(20)17-10-3-1-2-9(6-10)12-15-4-5-21-12/h1-6,8H,7H2,(H2,14,18)(H,17,20). The van der Waals surface area contributed by atoms with Gasteiger partial charge in [-0.15, -0.1) is 16.4 Å². The fourth-order valence-corrected chi connectivity index (χ4v) is 2.46. The van der Waals surface area contributed by atoms with Crippen LogP contribution in [-0.2, 0) is 11.3 Å². The molecule has 0 aliphatic carbocycles. The number of hydrogen-bond acceptors (Lipinski definition) is 6. The molecule has 2 heterocycles. The van der Waals surface area contributed by atoms with E-state index in [1.54, 1.807) is 17.5 Å². The van der Waals surface area contributed by atoms with E-state index in [4.69, 9.17) is 5.73 Å². The van der Waals surface area contributed by atoms with Crippen LogP contribution in [0.25, 0.3) is 10.6 Å². The lowest BCUT2D eigenvalue weighted by atomic mass is 10.2. The summed E-state index contributed by atoms with van der Waals surface area (Å²) in [6, 6.07) is 7.53. The van der Waals surface area contributed by atoms with Gasteiger partial charge in [-0.2, -0.15) is 0 Å². The molecule has 1 aromatic carbocycles. The van der Waals surface area contributed by atoms with Crippen LogP contribution in [0.1, 0.15) is 0 Å². The largest absolute Gasteiger partial charge is 0.367 e. The summed E-state index contributed by atoms with van der Waals surface area (Å²) in [5.74, 6) is -0.0512. The van der Waals surface area contributed by atoms with Crippen LogP contribution in [-0.4, -0.2) is 25.7 Å². The number of thiazole rings is 1. The Morgan fingerprint density at radius 2 is 2.29 bits per heavy atom. The second-order valence-electron chi connectivity index (χ2n) is 4.27. The molecule has 0 aliphatic heterocycles. The minimum Gasteiger partial charge on any atom is -0.367 e. The van der Waals surface area contributed by atoms with Crippen LogP contribution in [0.2, 0.25) is 0 Å². The van der Waals surface area contributed by atoms with Crippen molar-refractivity contribution in [1.29, 1.82) is 0 Å². The van der Waals surface area contributed by atoms with Crippen LogP contribution in [0.4, 0.5) is 11.6 Å². The highest BCUT2D eigenvalue weighted by Gasteiger charge is 2.07. The molecule has 7 nitrogen and oxygen atoms in total. The Bertz CT molecular complexity index is 752. The molecule has 21 heavy (non-hydrogen) atoms. The maximum Gasteiger partial charge on any atom is 0.246 e. The van der Waals surface area contributed by atoms with Gasteiger partial charge in [0.2, 0.25) is 11.9 Å². The molecule has 2 aromatic heterocycles. The molecule has 0 aliphatic rings. The predicted molar refractivity (Wildman–Crippen MR) is 80.6 cm³/mol. The number of anilines is 2. The first-order valence-corrected chi connectivity index (χ1v) is 7.03. The summed E-state index contributed by atoms with van der Waals surface area (Å²) in [5.41, 5.74) is 7.08. The van der Waals surface area contributed by atoms with Crippen LogP contribution < -0.4 is 11.1 Å². The van der Waals surface area contributed by atoms with Crippen molar-refractivity contribution in [3.05, 3.63) is 42.2 Å². The Hall–Kier alpha value is -2.74. The van der Waals surface area contributed by atoms with E-state index in [0.29, 0.717) is 5.69 Å². The maximum absolute atomic E-state index is 11.9. The van der Waals surface area contributed by atoms with E-state index in [2.05, 4.69) is 20.4 Å². The van der Waals surface area contributed by atoms with E-state index in [1.807, 2.05) is 29.6 Å². The van der Waals surface area contributed by atoms with Crippen LogP contribution in [0.15, 0.2) is 42.2 Å². The molecule has 0 atom stereocenters. The highest BCUT2D eigenvalue weighted by atomic mass is 32.1. The third-order valence-corrected chi connectivity index (χ3v) is 3.51. The fraction of sp³-hybridized carbons (Fsp3) is 0.0769. The number of rotatable bonds is 4. The molecule has 0 radical (unpaired) electrons. The second kappa shape index (κ2) is 5.71. The first kappa shape index (κ1) is 13.3. The molecule has 8 heteroatoms. The third-order valence-electron chi connectivity index (χ3n) is 2.69. The lowest BCUT2D eigenvalue weighted by Gasteiger charge is -2.06. The van der Waals surface area contributed by atoms with Gasteiger partial charge in [0.15, 0.2) is 0 Å². The summed E-state index contributed by atoms with van der Waals surface area (Å²) in [5, 5.41) is 9.50. The Morgan fingerprint density at radius 3 is 3.00 bits per heavy atom. The van der Waals surface area contributed by atoms with E-state index in [1.165, 1.54) is 11.0 Å². The lowest BCUT2D eigenvalue weighted by Crippen LogP contribution is -2.19. The molecule has 3 aromatic rings. The van der Waals surface area contributed by atoms with Crippen LogP contribution in [0.3, 0.4) is 0 Å².